The fraction of sp³-hybridized carbons (Fsp3) is 0.500. The molecule has 7 heteroatoms. The van der Waals surface area contributed by atoms with E-state index in [1.54, 1.807) is 12.3 Å². The molecule has 3 aromatic heterocycles. The maximum absolute atomic E-state index is 13.1. The zero-order valence-electron chi connectivity index (χ0n) is 17.5. The molecule has 4 nitrogen and oxygen atoms in total. The van der Waals surface area contributed by atoms with E-state index in [1.807, 2.05) is 11.0 Å². The Morgan fingerprint density at radius 1 is 1.19 bits per heavy atom. The van der Waals surface area contributed by atoms with Crippen molar-refractivity contribution in [1.82, 2.24) is 14.5 Å². The van der Waals surface area contributed by atoms with E-state index in [0.717, 1.165) is 45.9 Å². The van der Waals surface area contributed by atoms with E-state index in [0.29, 0.717) is 25.4 Å². The Bertz CT molecular complexity index is 1080. The molecule has 31 heavy (non-hydrogen) atoms. The van der Waals surface area contributed by atoms with E-state index in [2.05, 4.69) is 15.6 Å². The zero-order chi connectivity index (χ0) is 21.4. The second-order valence-corrected chi connectivity index (χ2v) is 9.96. The fourth-order valence-corrected chi connectivity index (χ4v) is 6.02. The number of carbonyl (C=O) groups excluding carboxylic acids is 1. The molecule has 1 saturated carbocycles. The average Bonchev–Trinajstić information content (AvgIpc) is 3.38. The molecule has 0 spiro atoms. The summed E-state index contributed by atoms with van der Waals surface area (Å²) < 4.78 is 28.3. The minimum atomic E-state index is -2.44. The molecule has 3 aromatic rings. The predicted octanol–water partition coefficient (Wildman–Crippen LogP) is 5.94. The highest BCUT2D eigenvalue weighted by Gasteiger charge is 2.29. The summed E-state index contributed by atoms with van der Waals surface area (Å²) in [5.41, 5.74) is 3.22. The summed E-state index contributed by atoms with van der Waals surface area (Å²) in [7, 11) is 0. The van der Waals surface area contributed by atoms with Gasteiger partial charge in [-0.25, -0.2) is 13.8 Å². The molecule has 0 aromatic carbocycles. The second-order valence-electron chi connectivity index (χ2n) is 8.76. The molecule has 1 fully saturated rings. The van der Waals surface area contributed by atoms with Gasteiger partial charge in [-0.15, -0.1) is 11.3 Å². The van der Waals surface area contributed by atoms with Crippen molar-refractivity contribution in [2.45, 2.75) is 64.5 Å². The number of pyridine rings is 1. The van der Waals surface area contributed by atoms with Gasteiger partial charge in [-0.3, -0.25) is 4.79 Å². The lowest BCUT2D eigenvalue weighted by atomic mass is 9.86. The van der Waals surface area contributed by atoms with E-state index in [1.165, 1.54) is 43.7 Å². The summed E-state index contributed by atoms with van der Waals surface area (Å²) >= 11 is 1.15. The second kappa shape index (κ2) is 8.69. The van der Waals surface area contributed by atoms with Crippen molar-refractivity contribution in [2.24, 2.45) is 5.92 Å². The standard InChI is InChI=1S/C24H27F2N3OS/c25-23(26)21-9-8-17(31-21)14-29-20-15-28(22(30)13-16-5-2-1-3-6-16)12-10-18(20)19-7-4-11-27-24(19)29/h4,7-9,11,16,23H,1-3,5-6,10,12-15H2. The first-order valence-corrected chi connectivity index (χ1v) is 12.0. The van der Waals surface area contributed by atoms with Crippen LogP contribution in [0.5, 0.6) is 0 Å². The molecular weight excluding hydrogens is 416 g/mol. The third kappa shape index (κ3) is 4.12. The monoisotopic (exact) mass is 443 g/mol. The Labute approximate surface area is 184 Å². The van der Waals surface area contributed by atoms with Crippen molar-refractivity contribution >= 4 is 28.3 Å². The van der Waals surface area contributed by atoms with Gasteiger partial charge in [0, 0.05) is 35.1 Å². The van der Waals surface area contributed by atoms with Gasteiger partial charge in [-0.2, -0.15) is 0 Å². The molecule has 0 saturated heterocycles. The molecule has 0 N–H and O–H groups in total. The van der Waals surface area contributed by atoms with Crippen LogP contribution in [0.15, 0.2) is 30.5 Å². The van der Waals surface area contributed by atoms with Gasteiger partial charge in [0.2, 0.25) is 5.91 Å². The number of aromatic nitrogens is 2. The minimum Gasteiger partial charge on any atom is -0.337 e. The van der Waals surface area contributed by atoms with Crippen molar-refractivity contribution < 1.29 is 13.6 Å². The molecule has 0 atom stereocenters. The van der Waals surface area contributed by atoms with Crippen molar-refractivity contribution in [3.63, 3.8) is 0 Å². The van der Waals surface area contributed by atoms with E-state index in [4.69, 9.17) is 0 Å². The topological polar surface area (TPSA) is 38.1 Å². The number of halogens is 2. The first kappa shape index (κ1) is 20.6. The van der Waals surface area contributed by atoms with Crippen molar-refractivity contribution in [3.05, 3.63) is 51.5 Å². The third-order valence-corrected chi connectivity index (χ3v) is 7.84. The molecule has 1 aliphatic carbocycles. The average molecular weight is 444 g/mol. The lowest BCUT2D eigenvalue weighted by Gasteiger charge is -2.30. The molecule has 1 aliphatic heterocycles. The number of rotatable bonds is 5. The lowest BCUT2D eigenvalue weighted by Crippen LogP contribution is -2.37. The summed E-state index contributed by atoms with van der Waals surface area (Å²) in [6.45, 7) is 1.82. The third-order valence-electron chi connectivity index (χ3n) is 6.77. The molecule has 0 unspecified atom stereocenters. The summed E-state index contributed by atoms with van der Waals surface area (Å²) in [6, 6.07) is 7.31. The van der Waals surface area contributed by atoms with E-state index in [-0.39, 0.29) is 10.8 Å². The van der Waals surface area contributed by atoms with E-state index in [9.17, 15) is 13.6 Å². The fourth-order valence-electron chi connectivity index (χ4n) is 5.16. The van der Waals surface area contributed by atoms with Crippen LogP contribution >= 0.6 is 11.3 Å². The number of hydrogen-bond donors (Lipinski definition) is 0. The van der Waals surface area contributed by atoms with Gasteiger partial charge in [0.25, 0.3) is 6.43 Å². The zero-order valence-corrected chi connectivity index (χ0v) is 18.3. The molecule has 5 rings (SSSR count). The molecule has 2 aliphatic rings. The molecule has 1 amide bonds. The van der Waals surface area contributed by atoms with Crippen LogP contribution in [-0.2, 0) is 24.3 Å². The van der Waals surface area contributed by atoms with Gasteiger partial charge in [-0.05, 0) is 55.0 Å². The van der Waals surface area contributed by atoms with Crippen LogP contribution in [-0.4, -0.2) is 26.9 Å². The number of thiophene rings is 1. The largest absolute Gasteiger partial charge is 0.337 e. The van der Waals surface area contributed by atoms with Gasteiger partial charge in [0.15, 0.2) is 0 Å². The highest BCUT2D eigenvalue weighted by molar-refractivity contribution is 7.12. The first-order chi connectivity index (χ1) is 15.1. The van der Waals surface area contributed by atoms with Gasteiger partial charge in [0.05, 0.1) is 18.0 Å². The molecule has 164 valence electrons. The number of carbonyl (C=O) groups is 1. The van der Waals surface area contributed by atoms with Crippen LogP contribution in [0.2, 0.25) is 0 Å². The van der Waals surface area contributed by atoms with Crippen LogP contribution in [0, 0.1) is 5.92 Å². The smallest absolute Gasteiger partial charge is 0.272 e. The van der Waals surface area contributed by atoms with Crippen LogP contribution < -0.4 is 0 Å². The van der Waals surface area contributed by atoms with Gasteiger partial charge in [0.1, 0.15) is 5.65 Å². The highest BCUT2D eigenvalue weighted by atomic mass is 32.1. The molecule has 0 bridgehead atoms. The summed E-state index contributed by atoms with van der Waals surface area (Å²) in [4.78, 5) is 20.6. The van der Waals surface area contributed by atoms with Crippen LogP contribution in [0.1, 0.15) is 66.0 Å². The summed E-state index contributed by atoms with van der Waals surface area (Å²) in [5, 5.41) is 1.11. The van der Waals surface area contributed by atoms with Crippen molar-refractivity contribution in [1.29, 1.82) is 0 Å². The normalized spacial score (nSPS) is 17.5. The predicted molar refractivity (Wildman–Crippen MR) is 118 cm³/mol. The Kier molecular flexibility index (Phi) is 5.78. The quantitative estimate of drug-likeness (QED) is 0.490. The Morgan fingerprint density at radius 3 is 2.81 bits per heavy atom. The SMILES string of the molecule is O=C(CC1CCCCC1)N1CCc2c(n(Cc3ccc(C(F)F)s3)c3ncccc23)C1. The highest BCUT2D eigenvalue weighted by Crippen LogP contribution is 2.34. The summed E-state index contributed by atoms with van der Waals surface area (Å²) in [5.74, 6) is 0.771. The van der Waals surface area contributed by atoms with Gasteiger partial charge >= 0.3 is 0 Å². The molecule has 4 heterocycles. The van der Waals surface area contributed by atoms with Crippen LogP contribution in [0.25, 0.3) is 11.0 Å². The Morgan fingerprint density at radius 2 is 2.03 bits per heavy atom. The van der Waals surface area contributed by atoms with E-state index < -0.39 is 6.43 Å². The van der Waals surface area contributed by atoms with Crippen LogP contribution in [0.3, 0.4) is 0 Å². The minimum absolute atomic E-state index is 0.0950. The van der Waals surface area contributed by atoms with Gasteiger partial charge in [-0.1, -0.05) is 19.3 Å². The van der Waals surface area contributed by atoms with Crippen molar-refractivity contribution in [3.8, 4) is 0 Å². The lowest BCUT2D eigenvalue weighted by molar-refractivity contribution is -0.133. The maximum atomic E-state index is 13.1. The summed E-state index contributed by atoms with van der Waals surface area (Å²) in [6.07, 6.45) is 6.90. The number of hydrogen-bond acceptors (Lipinski definition) is 3. The number of alkyl halides is 2. The number of amides is 1. The Balaban J connectivity index is 1.42. The molecule has 0 radical (unpaired) electrons. The number of fused-ring (bicyclic) bond motifs is 3. The maximum Gasteiger partial charge on any atom is 0.272 e. The Hall–Kier alpha value is -2.28. The van der Waals surface area contributed by atoms with Crippen LogP contribution in [0.4, 0.5) is 8.78 Å². The van der Waals surface area contributed by atoms with Crippen molar-refractivity contribution in [2.75, 3.05) is 6.54 Å². The van der Waals surface area contributed by atoms with E-state index >= 15 is 0 Å². The number of nitrogens with zero attached hydrogens (tertiary/aromatic N) is 3. The first-order valence-electron chi connectivity index (χ1n) is 11.2. The molecular formula is C24H27F2N3OS. The van der Waals surface area contributed by atoms with Gasteiger partial charge < -0.3 is 9.47 Å².